The monoisotopic (exact) mass is 487 g/mol. The van der Waals surface area contributed by atoms with Gasteiger partial charge in [0.15, 0.2) is 5.82 Å². The molecule has 182 valence electrons. The van der Waals surface area contributed by atoms with Crippen LogP contribution in [0.1, 0.15) is 63.3 Å². The molecule has 3 aliphatic rings. The number of guanidine groups is 1. The second-order valence-electron chi connectivity index (χ2n) is 9.99. The summed E-state index contributed by atoms with van der Waals surface area (Å²) in [5, 5.41) is 8.71. The maximum Gasteiger partial charge on any atom is 0.286 e. The molecule has 1 N–H and O–H groups in total. The van der Waals surface area contributed by atoms with Crippen molar-refractivity contribution in [1.82, 2.24) is 19.7 Å². The summed E-state index contributed by atoms with van der Waals surface area (Å²) in [7, 11) is 1.96. The van der Waals surface area contributed by atoms with Crippen molar-refractivity contribution in [2.24, 2.45) is 10.9 Å². The number of alkyl halides is 2. The number of nitrogens with zero attached hydrogens (tertiary/aromatic N) is 6. The fourth-order valence-electron chi connectivity index (χ4n) is 4.91. The molecule has 0 saturated heterocycles. The average Bonchev–Trinajstić information content (AvgIpc) is 3.52. The van der Waals surface area contributed by atoms with E-state index in [9.17, 15) is 8.78 Å². The van der Waals surface area contributed by atoms with Crippen molar-refractivity contribution in [2.75, 3.05) is 23.8 Å². The van der Waals surface area contributed by atoms with Crippen molar-refractivity contribution >= 4 is 34.8 Å². The molecule has 4 heterocycles. The van der Waals surface area contributed by atoms with E-state index in [1.165, 1.54) is 25.1 Å². The Bertz CT molecular complexity index is 1110. The quantitative estimate of drug-likeness (QED) is 0.601. The summed E-state index contributed by atoms with van der Waals surface area (Å²) in [5.41, 5.74) is 1.48. The summed E-state index contributed by atoms with van der Waals surface area (Å²) in [6.07, 6.45) is 6.13. The number of pyridine rings is 1. The Labute approximate surface area is 204 Å². The van der Waals surface area contributed by atoms with E-state index < -0.39 is 5.92 Å². The molecule has 10 heteroatoms. The Kier molecular flexibility index (Phi) is 5.82. The van der Waals surface area contributed by atoms with Crippen LogP contribution in [0.2, 0.25) is 0 Å². The van der Waals surface area contributed by atoms with Crippen LogP contribution in [0.3, 0.4) is 0 Å². The van der Waals surface area contributed by atoms with E-state index in [4.69, 9.17) is 22.3 Å². The van der Waals surface area contributed by atoms with E-state index in [0.717, 1.165) is 55.0 Å². The van der Waals surface area contributed by atoms with E-state index >= 15 is 0 Å². The topological polar surface area (TPSA) is 61.6 Å². The molecular formula is C24H31F2N7S. The Morgan fingerprint density at radius 1 is 1.24 bits per heavy atom. The lowest BCUT2D eigenvalue weighted by Crippen LogP contribution is -2.48. The minimum atomic E-state index is -2.96. The molecule has 2 aromatic heterocycles. The van der Waals surface area contributed by atoms with Crippen LogP contribution in [0, 0.1) is 5.92 Å². The molecule has 0 radical (unpaired) electrons. The first kappa shape index (κ1) is 23.1. The summed E-state index contributed by atoms with van der Waals surface area (Å²) in [4.78, 5) is 13.8. The van der Waals surface area contributed by atoms with Gasteiger partial charge in [-0.05, 0) is 30.4 Å². The van der Waals surface area contributed by atoms with Gasteiger partial charge >= 0.3 is 0 Å². The molecule has 1 aliphatic carbocycles. The van der Waals surface area contributed by atoms with Crippen molar-refractivity contribution in [2.45, 2.75) is 71.0 Å². The van der Waals surface area contributed by atoms with Gasteiger partial charge in [-0.2, -0.15) is 13.9 Å². The Balaban J connectivity index is 1.54. The van der Waals surface area contributed by atoms with Crippen LogP contribution < -0.4 is 10.2 Å². The van der Waals surface area contributed by atoms with Gasteiger partial charge in [-0.15, -0.1) is 0 Å². The second kappa shape index (κ2) is 8.55. The first-order valence-corrected chi connectivity index (χ1v) is 12.4. The number of nitrogens with one attached hydrogen (secondary N) is 1. The minimum absolute atomic E-state index is 0.176. The highest BCUT2D eigenvalue weighted by Crippen LogP contribution is 2.38. The van der Waals surface area contributed by atoms with E-state index in [1.54, 1.807) is 6.07 Å². The number of rotatable bonds is 6. The highest BCUT2D eigenvalue weighted by atomic mass is 32.1. The van der Waals surface area contributed by atoms with Crippen LogP contribution in [-0.4, -0.2) is 56.3 Å². The molecule has 5 rings (SSSR count). The number of halogens is 2. The maximum atomic E-state index is 13.6. The molecule has 0 amide bonds. The largest absolute Gasteiger partial charge is 0.367 e. The second-order valence-corrected chi connectivity index (χ2v) is 10.4. The van der Waals surface area contributed by atoms with Gasteiger partial charge in [-0.25, -0.2) is 9.67 Å². The average molecular weight is 488 g/mol. The number of hydrogen-bond acceptors (Lipinski definition) is 6. The molecule has 0 spiro atoms. The normalized spacial score (nSPS) is 20.7. The fourth-order valence-corrected chi connectivity index (χ4v) is 5.17. The third-order valence-corrected chi connectivity index (χ3v) is 7.45. The van der Waals surface area contributed by atoms with Crippen molar-refractivity contribution in [1.29, 1.82) is 0 Å². The van der Waals surface area contributed by atoms with Crippen LogP contribution in [0.4, 0.5) is 20.4 Å². The summed E-state index contributed by atoms with van der Waals surface area (Å²) >= 11 is 5.91. The van der Waals surface area contributed by atoms with E-state index in [1.807, 2.05) is 16.6 Å². The van der Waals surface area contributed by atoms with Crippen molar-refractivity contribution in [3.05, 3.63) is 35.2 Å². The van der Waals surface area contributed by atoms with Gasteiger partial charge in [0.2, 0.25) is 5.96 Å². The predicted molar refractivity (Wildman–Crippen MR) is 134 cm³/mol. The zero-order valence-electron chi connectivity index (χ0n) is 20.1. The third-order valence-electron chi connectivity index (χ3n) is 6.97. The van der Waals surface area contributed by atoms with Crippen LogP contribution in [0.5, 0.6) is 0 Å². The van der Waals surface area contributed by atoms with Crippen LogP contribution in [0.25, 0.3) is 0 Å². The minimum Gasteiger partial charge on any atom is -0.367 e. The van der Waals surface area contributed by atoms with Crippen LogP contribution in [-0.2, 0) is 12.5 Å². The van der Waals surface area contributed by atoms with Crippen molar-refractivity contribution in [3.8, 4) is 0 Å². The molecule has 1 atom stereocenters. The smallest absolute Gasteiger partial charge is 0.286 e. The zero-order chi connectivity index (χ0) is 24.2. The van der Waals surface area contributed by atoms with E-state index in [0.29, 0.717) is 23.5 Å². The van der Waals surface area contributed by atoms with Gasteiger partial charge in [0.05, 0.1) is 24.7 Å². The zero-order valence-corrected chi connectivity index (χ0v) is 20.9. The van der Waals surface area contributed by atoms with E-state index in [-0.39, 0.29) is 11.7 Å². The number of hydrogen-bond donors (Lipinski definition) is 1. The number of aromatic nitrogens is 3. The lowest BCUT2D eigenvalue weighted by molar-refractivity contribution is 0.0127. The first-order chi connectivity index (χ1) is 16.1. The van der Waals surface area contributed by atoms with Gasteiger partial charge in [0.1, 0.15) is 16.5 Å². The molecule has 1 saturated carbocycles. The number of anilines is 2. The lowest BCUT2D eigenvalue weighted by Gasteiger charge is -2.33. The van der Waals surface area contributed by atoms with Gasteiger partial charge < -0.3 is 10.2 Å². The summed E-state index contributed by atoms with van der Waals surface area (Å²) in [6.45, 7) is 6.37. The van der Waals surface area contributed by atoms with Gasteiger partial charge in [-0.3, -0.25) is 9.88 Å². The van der Waals surface area contributed by atoms with Gasteiger partial charge in [-0.1, -0.05) is 45.0 Å². The molecule has 1 fully saturated rings. The van der Waals surface area contributed by atoms with E-state index in [2.05, 4.69) is 29.0 Å². The highest BCUT2D eigenvalue weighted by molar-refractivity contribution is 7.80. The van der Waals surface area contributed by atoms with Crippen LogP contribution >= 0.6 is 12.2 Å². The molecule has 0 bridgehead atoms. The predicted octanol–water partition coefficient (Wildman–Crippen LogP) is 4.61. The maximum absolute atomic E-state index is 13.6. The molecule has 7 nitrogen and oxygen atoms in total. The molecule has 0 unspecified atom stereocenters. The number of aliphatic imine (C=N–C) groups is 1. The van der Waals surface area contributed by atoms with Crippen molar-refractivity contribution in [3.63, 3.8) is 0 Å². The van der Waals surface area contributed by atoms with Gasteiger partial charge in [0.25, 0.3) is 5.92 Å². The first-order valence-electron chi connectivity index (χ1n) is 12.0. The summed E-state index contributed by atoms with van der Waals surface area (Å²) < 4.78 is 29.2. The lowest BCUT2D eigenvalue weighted by atomic mass is 10.1. The molecule has 34 heavy (non-hydrogen) atoms. The van der Waals surface area contributed by atoms with Gasteiger partial charge in [0, 0.05) is 26.2 Å². The fraction of sp³-hybridized carbons (Fsp3) is 0.583. The molecule has 2 aliphatic heterocycles. The Hall–Kier alpha value is -2.62. The summed E-state index contributed by atoms with van der Waals surface area (Å²) in [5.74, 6) is -0.0217. The van der Waals surface area contributed by atoms with Crippen LogP contribution in [0.15, 0.2) is 23.3 Å². The molecular weight excluding hydrogens is 456 g/mol. The summed E-state index contributed by atoms with van der Waals surface area (Å²) in [6, 6.07) is 3.63. The highest BCUT2D eigenvalue weighted by Gasteiger charge is 2.42. The SMILES string of the molecule is CC(C)[C@@H]1CN2C(=N1)N(C)C(=S)c1c2nn(Cc2ccc(C(C)(F)F)nc2)c1NC1CCCC1. The Morgan fingerprint density at radius 2 is 1.97 bits per heavy atom. The molecule has 0 aromatic carbocycles. The number of thiocarbonyl (C=S) groups is 1. The number of fused-ring (bicyclic) bond motifs is 3. The third kappa shape index (κ3) is 4.06. The molecule has 2 aromatic rings. The Morgan fingerprint density at radius 3 is 2.59 bits per heavy atom. The van der Waals surface area contributed by atoms with Crippen molar-refractivity contribution < 1.29 is 8.78 Å². The standard InChI is InChI=1S/C24H31F2N7S/c1-14(2)17-13-32-21-19(22(34)31(4)23(32)29-17)20(28-16-7-5-6-8-16)33(30-21)12-15-9-10-18(27-11-15)24(3,25)26/h9-11,14,16-17,28H,5-8,12-13H2,1-4H3/t17-/m0/s1.